The second kappa shape index (κ2) is 5.15. The Morgan fingerprint density at radius 1 is 1.21 bits per heavy atom. The van der Waals surface area contributed by atoms with Crippen molar-refractivity contribution in [3.63, 3.8) is 0 Å². The highest BCUT2D eigenvalue weighted by Gasteiger charge is 2.30. The molecule has 0 bridgehead atoms. The zero-order valence-electron chi connectivity index (χ0n) is 11.3. The maximum absolute atomic E-state index is 12.0. The predicted octanol–water partition coefficient (Wildman–Crippen LogP) is 1.28. The van der Waals surface area contributed by atoms with Crippen LogP contribution in [-0.4, -0.2) is 35.2 Å². The van der Waals surface area contributed by atoms with Gasteiger partial charge in [0.2, 0.25) is 5.91 Å². The first-order valence-electron chi connectivity index (χ1n) is 7.08. The number of hydrogen-bond donors (Lipinski definition) is 1. The summed E-state index contributed by atoms with van der Waals surface area (Å²) in [6.45, 7) is 3.71. The normalized spacial score (nSPS) is 20.4. The third-order valence-corrected chi connectivity index (χ3v) is 3.90. The highest BCUT2D eigenvalue weighted by atomic mass is 16.2. The first-order valence-corrected chi connectivity index (χ1v) is 7.08. The summed E-state index contributed by atoms with van der Waals surface area (Å²) in [6.07, 6.45) is 4.13. The maximum atomic E-state index is 12.0. The number of nitrogens with zero attached hydrogens (tertiary/aromatic N) is 3. The standard InChI is InChI=1S/C14H20N4O/c1-10-2-5-13(17-16-10)18-8-6-11(7-9-18)14(19)15-12-3-4-12/h2,5,11-12H,3-4,6-9H2,1H3,(H,15,19). The van der Waals surface area contributed by atoms with Gasteiger partial charge < -0.3 is 10.2 Å². The molecular weight excluding hydrogens is 240 g/mol. The zero-order valence-corrected chi connectivity index (χ0v) is 11.3. The van der Waals surface area contributed by atoms with E-state index in [1.165, 1.54) is 0 Å². The van der Waals surface area contributed by atoms with Crippen molar-refractivity contribution in [2.24, 2.45) is 5.92 Å². The van der Waals surface area contributed by atoms with Gasteiger partial charge in [0.1, 0.15) is 0 Å². The summed E-state index contributed by atoms with van der Waals surface area (Å²) in [5.74, 6) is 1.35. The van der Waals surface area contributed by atoms with Gasteiger partial charge in [0.15, 0.2) is 5.82 Å². The molecule has 1 N–H and O–H groups in total. The van der Waals surface area contributed by atoms with E-state index in [0.717, 1.165) is 50.3 Å². The van der Waals surface area contributed by atoms with Crippen LogP contribution in [0.2, 0.25) is 0 Å². The lowest BCUT2D eigenvalue weighted by atomic mass is 9.96. The van der Waals surface area contributed by atoms with Crippen molar-refractivity contribution in [3.8, 4) is 0 Å². The van der Waals surface area contributed by atoms with Crippen LogP contribution in [0.3, 0.4) is 0 Å². The molecule has 102 valence electrons. The molecule has 1 saturated heterocycles. The Balaban J connectivity index is 1.53. The Morgan fingerprint density at radius 2 is 1.95 bits per heavy atom. The maximum Gasteiger partial charge on any atom is 0.223 e. The van der Waals surface area contributed by atoms with Gasteiger partial charge in [-0.3, -0.25) is 4.79 Å². The minimum atomic E-state index is 0.176. The summed E-state index contributed by atoms with van der Waals surface area (Å²) in [5.41, 5.74) is 0.933. The number of hydrogen-bond acceptors (Lipinski definition) is 4. The SMILES string of the molecule is Cc1ccc(N2CCC(C(=O)NC3CC3)CC2)nn1. The molecule has 5 nitrogen and oxygen atoms in total. The number of carbonyl (C=O) groups excluding carboxylic acids is 1. The summed E-state index contributed by atoms with van der Waals surface area (Å²) >= 11 is 0. The molecule has 5 heteroatoms. The van der Waals surface area contributed by atoms with Crippen molar-refractivity contribution < 1.29 is 4.79 Å². The third kappa shape index (κ3) is 3.03. The minimum absolute atomic E-state index is 0.176. The van der Waals surface area contributed by atoms with E-state index in [2.05, 4.69) is 20.4 Å². The van der Waals surface area contributed by atoms with Crippen molar-refractivity contribution in [3.05, 3.63) is 17.8 Å². The highest BCUT2D eigenvalue weighted by Crippen LogP contribution is 2.24. The van der Waals surface area contributed by atoms with E-state index in [4.69, 9.17) is 0 Å². The lowest BCUT2D eigenvalue weighted by molar-refractivity contribution is -0.125. The van der Waals surface area contributed by atoms with Gasteiger partial charge in [-0.25, -0.2) is 0 Å². The van der Waals surface area contributed by atoms with E-state index < -0.39 is 0 Å². The number of nitrogens with one attached hydrogen (secondary N) is 1. The topological polar surface area (TPSA) is 58.1 Å². The van der Waals surface area contributed by atoms with E-state index in [9.17, 15) is 4.79 Å². The molecule has 1 aliphatic heterocycles. The molecule has 1 aromatic heterocycles. The van der Waals surface area contributed by atoms with E-state index in [0.29, 0.717) is 6.04 Å². The Hall–Kier alpha value is -1.65. The van der Waals surface area contributed by atoms with E-state index in [1.54, 1.807) is 0 Å². The third-order valence-electron chi connectivity index (χ3n) is 3.90. The molecule has 1 amide bonds. The second-order valence-corrected chi connectivity index (χ2v) is 5.58. The van der Waals surface area contributed by atoms with Crippen LogP contribution in [0.5, 0.6) is 0 Å². The zero-order chi connectivity index (χ0) is 13.2. The lowest BCUT2D eigenvalue weighted by Crippen LogP contribution is -2.41. The molecule has 0 spiro atoms. The van der Waals surface area contributed by atoms with Gasteiger partial charge in [-0.15, -0.1) is 5.10 Å². The summed E-state index contributed by atoms with van der Waals surface area (Å²) in [5, 5.41) is 11.4. The van der Waals surface area contributed by atoms with E-state index in [1.807, 2.05) is 19.1 Å². The molecule has 0 aromatic carbocycles. The Morgan fingerprint density at radius 3 is 2.53 bits per heavy atom. The number of carbonyl (C=O) groups is 1. The molecule has 19 heavy (non-hydrogen) atoms. The monoisotopic (exact) mass is 260 g/mol. The average Bonchev–Trinajstić information content (AvgIpc) is 3.24. The quantitative estimate of drug-likeness (QED) is 0.889. The summed E-state index contributed by atoms with van der Waals surface area (Å²) < 4.78 is 0. The molecule has 2 aliphatic rings. The highest BCUT2D eigenvalue weighted by molar-refractivity contribution is 5.79. The van der Waals surface area contributed by atoms with Crippen LogP contribution in [0, 0.1) is 12.8 Å². The smallest absolute Gasteiger partial charge is 0.223 e. The molecule has 1 aliphatic carbocycles. The molecule has 0 unspecified atom stereocenters. The Kier molecular flexibility index (Phi) is 3.36. The first kappa shape index (κ1) is 12.4. The van der Waals surface area contributed by atoms with Crippen molar-refractivity contribution >= 4 is 11.7 Å². The van der Waals surface area contributed by atoms with Crippen LogP contribution in [-0.2, 0) is 4.79 Å². The summed E-state index contributed by atoms with van der Waals surface area (Å²) in [4.78, 5) is 14.2. The van der Waals surface area contributed by atoms with Crippen molar-refractivity contribution in [1.82, 2.24) is 15.5 Å². The molecule has 2 fully saturated rings. The lowest BCUT2D eigenvalue weighted by Gasteiger charge is -2.31. The number of amides is 1. The number of piperidine rings is 1. The summed E-state index contributed by atoms with van der Waals surface area (Å²) in [7, 11) is 0. The molecule has 1 saturated carbocycles. The van der Waals surface area contributed by atoms with Crippen LogP contribution >= 0.6 is 0 Å². The number of aromatic nitrogens is 2. The molecular formula is C14H20N4O. The molecule has 2 heterocycles. The Bertz CT molecular complexity index is 447. The largest absolute Gasteiger partial charge is 0.355 e. The Labute approximate surface area is 113 Å². The molecule has 1 aromatic rings. The molecule has 0 radical (unpaired) electrons. The minimum Gasteiger partial charge on any atom is -0.355 e. The van der Waals surface area contributed by atoms with Gasteiger partial charge >= 0.3 is 0 Å². The number of rotatable bonds is 3. The van der Waals surface area contributed by atoms with Crippen LogP contribution in [0.25, 0.3) is 0 Å². The van der Waals surface area contributed by atoms with Crippen LogP contribution in [0.1, 0.15) is 31.4 Å². The van der Waals surface area contributed by atoms with Gasteiger partial charge in [0.25, 0.3) is 0 Å². The number of anilines is 1. The fourth-order valence-electron chi connectivity index (χ4n) is 2.48. The van der Waals surface area contributed by atoms with Crippen LogP contribution in [0.15, 0.2) is 12.1 Å². The fourth-order valence-corrected chi connectivity index (χ4v) is 2.48. The van der Waals surface area contributed by atoms with Gasteiger partial charge in [-0.05, 0) is 44.7 Å². The molecule has 0 atom stereocenters. The van der Waals surface area contributed by atoms with Crippen molar-refractivity contribution in [2.75, 3.05) is 18.0 Å². The average molecular weight is 260 g/mol. The van der Waals surface area contributed by atoms with Gasteiger partial charge in [-0.2, -0.15) is 5.10 Å². The van der Waals surface area contributed by atoms with Crippen molar-refractivity contribution in [2.45, 2.75) is 38.6 Å². The fraction of sp³-hybridized carbons (Fsp3) is 0.643. The van der Waals surface area contributed by atoms with Crippen LogP contribution in [0.4, 0.5) is 5.82 Å². The van der Waals surface area contributed by atoms with Crippen molar-refractivity contribution in [1.29, 1.82) is 0 Å². The molecule has 3 rings (SSSR count). The van der Waals surface area contributed by atoms with Gasteiger partial charge in [0, 0.05) is 25.0 Å². The summed E-state index contributed by atoms with van der Waals surface area (Å²) in [6, 6.07) is 4.45. The number of aryl methyl sites for hydroxylation is 1. The first-order chi connectivity index (χ1) is 9.22. The van der Waals surface area contributed by atoms with Gasteiger partial charge in [-0.1, -0.05) is 0 Å². The van der Waals surface area contributed by atoms with E-state index in [-0.39, 0.29) is 11.8 Å². The van der Waals surface area contributed by atoms with Gasteiger partial charge in [0.05, 0.1) is 5.69 Å². The second-order valence-electron chi connectivity index (χ2n) is 5.58. The predicted molar refractivity (Wildman–Crippen MR) is 72.9 cm³/mol. The van der Waals surface area contributed by atoms with E-state index >= 15 is 0 Å². The van der Waals surface area contributed by atoms with Crippen LogP contribution < -0.4 is 10.2 Å².